The highest BCUT2D eigenvalue weighted by atomic mass is 79.9. The average molecular weight is 688 g/mol. The smallest absolute Gasteiger partial charge is 0.266 e. The van der Waals surface area contributed by atoms with Crippen LogP contribution in [0, 0.1) is 0 Å². The molecule has 12 heteroatoms. The maximum atomic E-state index is 14.2. The van der Waals surface area contributed by atoms with E-state index in [4.69, 9.17) is 19.6 Å². The van der Waals surface area contributed by atoms with Crippen molar-refractivity contribution >= 4 is 37.6 Å². The van der Waals surface area contributed by atoms with Gasteiger partial charge >= 0.3 is 0 Å². The molecule has 4 rings (SSSR count). The summed E-state index contributed by atoms with van der Waals surface area (Å²) in [5.74, 6) is 0.00458. The van der Waals surface area contributed by atoms with Gasteiger partial charge in [0.05, 0.1) is 17.3 Å². The number of nitrogens with zero attached hydrogens (tertiary/aromatic N) is 2. The number of amides is 1. The third-order valence-electron chi connectivity index (χ3n) is 7.18. The molecule has 0 fully saturated rings. The van der Waals surface area contributed by atoms with Crippen molar-refractivity contribution in [2.75, 3.05) is 46.2 Å². The SMILES string of the molecule is CN(C)CCCNNC(=O)[C@@]1(CCS(=O)(=O)c2ccccc2)N=C(c2ccc(OCCCO)cc2)O[C@H]1c1ccccc1Br. The lowest BCUT2D eigenvalue weighted by molar-refractivity contribution is -0.130. The third kappa shape index (κ3) is 8.45. The van der Waals surface area contributed by atoms with Crippen LogP contribution in [0.4, 0.5) is 0 Å². The van der Waals surface area contributed by atoms with Crippen LogP contribution in [-0.4, -0.2) is 81.9 Å². The van der Waals surface area contributed by atoms with Crippen LogP contribution in [0.25, 0.3) is 0 Å². The Morgan fingerprint density at radius 2 is 1.75 bits per heavy atom. The van der Waals surface area contributed by atoms with Gasteiger partial charge in [-0.15, -0.1) is 0 Å². The van der Waals surface area contributed by atoms with Crippen molar-refractivity contribution in [3.8, 4) is 5.75 Å². The lowest BCUT2D eigenvalue weighted by atomic mass is 9.85. The van der Waals surface area contributed by atoms with E-state index in [-0.39, 0.29) is 29.6 Å². The van der Waals surface area contributed by atoms with E-state index >= 15 is 0 Å². The number of aliphatic imine (C=N–C) groups is 1. The molecule has 0 unspecified atom stereocenters. The average Bonchev–Trinajstić information content (AvgIpc) is 3.41. The molecule has 3 aromatic rings. The molecule has 236 valence electrons. The Morgan fingerprint density at radius 1 is 1.05 bits per heavy atom. The van der Waals surface area contributed by atoms with Crippen LogP contribution in [0.1, 0.15) is 36.5 Å². The first-order valence-electron chi connectivity index (χ1n) is 14.5. The number of rotatable bonds is 16. The van der Waals surface area contributed by atoms with Gasteiger partial charge in [-0.25, -0.2) is 18.8 Å². The van der Waals surface area contributed by atoms with E-state index in [2.05, 4.69) is 26.8 Å². The minimum Gasteiger partial charge on any atom is -0.494 e. The standard InChI is InChI=1S/C32H39BrN4O6S/c1-37(2)20-8-19-34-36-31(39)32(18-23-44(40,41)26-10-4-3-5-11-26)29(27-12-6-7-13-28(27)33)43-30(35-32)24-14-16-25(17-15-24)42-22-9-21-38/h3-7,10-17,29,34,38H,8-9,18-23H2,1-2H3,(H,36,39)/t29-,32-/m0/s1. The highest BCUT2D eigenvalue weighted by Gasteiger charge is 2.54. The highest BCUT2D eigenvalue weighted by Crippen LogP contribution is 2.45. The van der Waals surface area contributed by atoms with Crippen LogP contribution in [0.2, 0.25) is 0 Å². The number of carbonyl (C=O) groups is 1. The highest BCUT2D eigenvalue weighted by molar-refractivity contribution is 9.10. The summed E-state index contributed by atoms with van der Waals surface area (Å²) in [5.41, 5.74) is 5.45. The number of halogens is 1. The first-order chi connectivity index (χ1) is 21.2. The van der Waals surface area contributed by atoms with E-state index in [0.717, 1.165) is 13.0 Å². The Labute approximate surface area is 267 Å². The van der Waals surface area contributed by atoms with Crippen molar-refractivity contribution in [1.29, 1.82) is 0 Å². The second-order valence-corrected chi connectivity index (χ2v) is 13.7. The van der Waals surface area contributed by atoms with Crippen LogP contribution in [0.5, 0.6) is 5.75 Å². The van der Waals surface area contributed by atoms with Crippen molar-refractivity contribution in [3.63, 3.8) is 0 Å². The minimum absolute atomic E-state index is 0.0355. The van der Waals surface area contributed by atoms with Crippen molar-refractivity contribution in [1.82, 2.24) is 15.8 Å². The first kappa shape index (κ1) is 33.6. The fourth-order valence-electron chi connectivity index (χ4n) is 4.81. The van der Waals surface area contributed by atoms with Gasteiger partial charge in [0, 0.05) is 41.6 Å². The Balaban J connectivity index is 1.72. The van der Waals surface area contributed by atoms with Gasteiger partial charge in [0.25, 0.3) is 5.91 Å². The molecule has 1 aliphatic heterocycles. The maximum Gasteiger partial charge on any atom is 0.266 e. The van der Waals surface area contributed by atoms with Gasteiger partial charge in [0.2, 0.25) is 5.90 Å². The Morgan fingerprint density at radius 3 is 2.43 bits per heavy atom. The zero-order chi connectivity index (χ0) is 31.6. The lowest BCUT2D eigenvalue weighted by Crippen LogP contribution is -2.53. The fourth-order valence-corrected chi connectivity index (χ4v) is 6.69. The zero-order valence-corrected chi connectivity index (χ0v) is 27.3. The van der Waals surface area contributed by atoms with Crippen molar-refractivity contribution in [3.05, 3.63) is 94.5 Å². The molecule has 44 heavy (non-hydrogen) atoms. The summed E-state index contributed by atoms with van der Waals surface area (Å²) >= 11 is 3.60. The number of ether oxygens (including phenoxy) is 2. The number of carbonyl (C=O) groups excluding carboxylic acids is 1. The predicted octanol–water partition coefficient (Wildman–Crippen LogP) is 3.90. The minimum atomic E-state index is -3.75. The number of nitrogens with one attached hydrogen (secondary N) is 2. The van der Waals surface area contributed by atoms with E-state index in [1.54, 1.807) is 54.6 Å². The van der Waals surface area contributed by atoms with Gasteiger partial charge in [-0.2, -0.15) is 0 Å². The van der Waals surface area contributed by atoms with E-state index in [0.29, 0.717) is 40.9 Å². The van der Waals surface area contributed by atoms with Gasteiger partial charge in [-0.1, -0.05) is 52.3 Å². The van der Waals surface area contributed by atoms with Gasteiger partial charge in [0.1, 0.15) is 5.75 Å². The van der Waals surface area contributed by atoms with Crippen LogP contribution < -0.4 is 15.6 Å². The fraction of sp³-hybridized carbons (Fsp3) is 0.375. The summed E-state index contributed by atoms with van der Waals surface area (Å²) < 4.78 is 39.7. The summed E-state index contributed by atoms with van der Waals surface area (Å²) in [6.07, 6.45) is 0.238. The van der Waals surface area contributed by atoms with Gasteiger partial charge in [0.15, 0.2) is 21.5 Å². The largest absolute Gasteiger partial charge is 0.494 e. The number of benzene rings is 3. The summed E-state index contributed by atoms with van der Waals surface area (Å²) in [4.78, 5) is 21.3. The second kappa shape index (κ2) is 15.6. The van der Waals surface area contributed by atoms with Crippen molar-refractivity contribution in [2.45, 2.75) is 35.8 Å². The molecule has 0 saturated heterocycles. The summed E-state index contributed by atoms with van der Waals surface area (Å²) in [7, 11) is 0.201. The van der Waals surface area contributed by atoms with Crippen molar-refractivity contribution in [2.24, 2.45) is 4.99 Å². The number of aliphatic hydroxyl groups excluding tert-OH is 1. The Hall–Kier alpha value is -3.29. The molecule has 0 spiro atoms. The first-order valence-corrected chi connectivity index (χ1v) is 16.9. The van der Waals surface area contributed by atoms with Crippen molar-refractivity contribution < 1.29 is 27.8 Å². The quantitative estimate of drug-likeness (QED) is 0.153. The molecule has 0 radical (unpaired) electrons. The Bertz CT molecular complexity index is 1520. The summed E-state index contributed by atoms with van der Waals surface area (Å²) in [5, 5.41) is 9.03. The van der Waals surface area contributed by atoms with Crippen LogP contribution in [0.3, 0.4) is 0 Å². The molecule has 1 heterocycles. The normalized spacial score (nSPS) is 18.1. The molecule has 0 saturated carbocycles. The van der Waals surface area contributed by atoms with E-state index in [9.17, 15) is 13.2 Å². The molecule has 1 amide bonds. The number of hydrogen-bond acceptors (Lipinski definition) is 9. The summed E-state index contributed by atoms with van der Waals surface area (Å²) in [6.45, 7) is 1.75. The number of hydrogen-bond donors (Lipinski definition) is 3. The number of hydrazine groups is 1. The molecule has 3 N–H and O–H groups in total. The molecule has 1 aliphatic rings. The van der Waals surface area contributed by atoms with E-state index in [1.165, 1.54) is 0 Å². The van der Waals surface area contributed by atoms with Crippen LogP contribution >= 0.6 is 15.9 Å². The lowest BCUT2D eigenvalue weighted by Gasteiger charge is -2.31. The third-order valence-corrected chi connectivity index (χ3v) is 9.64. The number of aliphatic hydroxyl groups is 1. The van der Waals surface area contributed by atoms with Crippen LogP contribution in [0.15, 0.2) is 93.2 Å². The molecule has 0 bridgehead atoms. The van der Waals surface area contributed by atoms with Crippen LogP contribution in [-0.2, 0) is 19.4 Å². The predicted molar refractivity (Wildman–Crippen MR) is 173 cm³/mol. The van der Waals surface area contributed by atoms with Gasteiger partial charge in [-0.05, 0) is 69.5 Å². The van der Waals surface area contributed by atoms with E-state index < -0.39 is 27.4 Å². The molecular weight excluding hydrogens is 648 g/mol. The molecule has 0 aromatic heterocycles. The molecule has 0 aliphatic carbocycles. The second-order valence-electron chi connectivity index (χ2n) is 10.7. The Kier molecular flexibility index (Phi) is 11.9. The monoisotopic (exact) mass is 686 g/mol. The van der Waals surface area contributed by atoms with Gasteiger partial charge in [-0.3, -0.25) is 10.2 Å². The molecule has 2 atom stereocenters. The van der Waals surface area contributed by atoms with Gasteiger partial charge < -0.3 is 19.5 Å². The maximum absolute atomic E-state index is 14.2. The summed E-state index contributed by atoms with van der Waals surface area (Å²) in [6, 6.07) is 22.6. The topological polar surface area (TPSA) is 130 Å². The molecule has 10 nitrogen and oxygen atoms in total. The zero-order valence-electron chi connectivity index (χ0n) is 24.9. The van der Waals surface area contributed by atoms with E-state index in [1.807, 2.05) is 43.3 Å². The molecule has 3 aromatic carbocycles. The number of sulfone groups is 1. The molecular formula is C32H39BrN4O6S.